The fourth-order valence-corrected chi connectivity index (χ4v) is 0.342. The molecular weight excluding hydrogens is 360 g/mol. The summed E-state index contributed by atoms with van der Waals surface area (Å²) < 4.78 is 0. The topological polar surface area (TPSA) is 0 Å². The molecule has 0 heterocycles. The summed E-state index contributed by atoms with van der Waals surface area (Å²) in [6.07, 6.45) is 0. The van der Waals surface area contributed by atoms with Gasteiger partial charge in [-0.05, 0) is 0 Å². The van der Waals surface area contributed by atoms with Gasteiger partial charge in [-0.1, -0.05) is 0 Å². The van der Waals surface area contributed by atoms with Crippen molar-refractivity contribution in [1.29, 1.82) is 0 Å². The average Bonchev–Trinajstić information content (AvgIpc) is 1.90. The van der Waals surface area contributed by atoms with Crippen molar-refractivity contribution in [3.05, 3.63) is 36.4 Å². The van der Waals surface area contributed by atoms with Crippen molar-refractivity contribution in [2.75, 3.05) is 0 Å². The molecule has 0 aliphatic rings. The van der Waals surface area contributed by atoms with Crippen molar-refractivity contribution in [1.82, 2.24) is 0 Å². The molecule has 0 unspecified atom stereocenters. The minimum absolute atomic E-state index is 0.896. The van der Waals surface area contributed by atoms with Gasteiger partial charge in [-0.2, -0.15) is 36.4 Å². The third-order valence-electron chi connectivity index (χ3n) is 0.607. The molecule has 0 spiro atoms. The van der Waals surface area contributed by atoms with Crippen molar-refractivity contribution in [3.63, 3.8) is 0 Å². The minimum Gasteiger partial charge on any atom is -0.184 e. The summed E-state index contributed by atoms with van der Waals surface area (Å²) >= 11 is 8.92. The number of hydrogen-bond donors (Lipinski definition) is 0. The molecule has 0 radical (unpaired) electrons. The van der Waals surface area contributed by atoms with Gasteiger partial charge in [0, 0.05) is 0 Å². The van der Waals surface area contributed by atoms with Gasteiger partial charge in [0.15, 0.2) is 0 Å². The summed E-state index contributed by atoms with van der Waals surface area (Å²) in [6, 6.07) is 12.5. The predicted molar refractivity (Wildman–Crippen MR) is 52.1 cm³/mol. The van der Waals surface area contributed by atoms with Crippen LogP contribution < -0.4 is 0 Å². The molecule has 0 nitrogen and oxygen atoms in total. The van der Waals surface area contributed by atoms with Gasteiger partial charge < -0.3 is 0 Å². The molecule has 0 aliphatic carbocycles. The van der Waals surface area contributed by atoms with E-state index in [1.165, 1.54) is 0 Å². The Morgan fingerprint density at radius 1 is 0.900 bits per heavy atom. The summed E-state index contributed by atoms with van der Waals surface area (Å²) in [4.78, 5) is 0. The standard InChI is InChI=1S/C6H5.3BrH.Ti/c1-2-4-6-5-3-1;;;;/h1-5H;3*1H;/q-1;;;;+4/p-3. The Morgan fingerprint density at radius 2 is 1.30 bits per heavy atom. The third-order valence-corrected chi connectivity index (χ3v) is 0.607. The number of hydrogen-bond acceptors (Lipinski definition) is 0. The number of halogens is 3. The van der Waals surface area contributed by atoms with E-state index in [0.717, 1.165) is 0 Å². The maximum atomic E-state index is 3.27. The Bertz CT molecular complexity index is 113. The zero-order valence-electron chi connectivity index (χ0n) is 5.02. The van der Waals surface area contributed by atoms with E-state index in [1.54, 1.807) is 0 Å². The normalized spacial score (nSPS) is 7.50. The summed E-state index contributed by atoms with van der Waals surface area (Å²) in [5.41, 5.74) is 0. The molecule has 0 bridgehead atoms. The maximum absolute atomic E-state index is 3.27. The van der Waals surface area contributed by atoms with E-state index in [0.29, 0.717) is 0 Å². The van der Waals surface area contributed by atoms with Gasteiger partial charge >= 0.3 is 51.1 Å². The van der Waals surface area contributed by atoms with Crippen molar-refractivity contribution in [2.24, 2.45) is 0 Å². The summed E-state index contributed by atoms with van der Waals surface area (Å²) in [5.74, 6) is 0. The van der Waals surface area contributed by atoms with Crippen LogP contribution in [-0.2, 0) is 11.6 Å². The molecule has 0 atom stereocenters. The third kappa shape index (κ3) is 12.1. The molecule has 0 saturated heterocycles. The summed E-state index contributed by atoms with van der Waals surface area (Å²) in [6.45, 7) is 0. The molecule has 1 aromatic rings. The van der Waals surface area contributed by atoms with Crippen molar-refractivity contribution >= 4 is 39.5 Å². The second kappa shape index (κ2) is 8.47. The van der Waals surface area contributed by atoms with Gasteiger partial charge in [0.2, 0.25) is 0 Å². The molecule has 0 fully saturated rings. The first-order chi connectivity index (χ1) is 4.73. The smallest absolute Gasteiger partial charge is 0.171 e. The first-order valence-electron chi connectivity index (χ1n) is 2.48. The quantitative estimate of drug-likeness (QED) is 0.482. The molecule has 0 saturated carbocycles. The summed E-state index contributed by atoms with van der Waals surface area (Å²) in [7, 11) is 0. The van der Waals surface area contributed by atoms with E-state index >= 15 is 0 Å². The molecule has 0 aliphatic heterocycles. The van der Waals surface area contributed by atoms with Crippen LogP contribution in [0.25, 0.3) is 0 Å². The van der Waals surface area contributed by atoms with Crippen LogP contribution in [0, 0.1) is 6.07 Å². The van der Waals surface area contributed by atoms with Gasteiger partial charge in [0.05, 0.1) is 0 Å². The fourth-order valence-electron chi connectivity index (χ4n) is 0.342. The van der Waals surface area contributed by atoms with E-state index in [2.05, 4.69) is 45.6 Å². The van der Waals surface area contributed by atoms with Crippen LogP contribution in [0.5, 0.6) is 0 Å². The molecule has 10 heavy (non-hydrogen) atoms. The van der Waals surface area contributed by atoms with Crippen LogP contribution in [0.3, 0.4) is 0 Å². The van der Waals surface area contributed by atoms with Crippen LogP contribution in [0.1, 0.15) is 0 Å². The molecular formula is C6H5Br3Ti. The second-order valence-electron chi connectivity index (χ2n) is 1.29. The zero-order chi connectivity index (χ0) is 7.82. The second-order valence-corrected chi connectivity index (χ2v) is 24.9. The first-order valence-corrected chi connectivity index (χ1v) is 14.1. The van der Waals surface area contributed by atoms with Gasteiger partial charge in [-0.3, -0.25) is 0 Å². The Kier molecular flexibility index (Phi) is 9.63. The van der Waals surface area contributed by atoms with Crippen molar-refractivity contribution in [2.45, 2.75) is 0 Å². The van der Waals surface area contributed by atoms with Crippen LogP contribution in [0.4, 0.5) is 0 Å². The minimum atomic E-state index is -0.896. The van der Waals surface area contributed by atoms with E-state index in [4.69, 9.17) is 0 Å². The van der Waals surface area contributed by atoms with E-state index in [-0.39, 0.29) is 0 Å². The molecule has 0 aromatic heterocycles. The molecule has 0 amide bonds. The van der Waals surface area contributed by atoms with Gasteiger partial charge in [-0.15, -0.1) is 0 Å². The SMILES string of the molecule is [Br][Ti+]([Br])[Br].[c-]1ccccc1. The largest absolute Gasteiger partial charge is 0.184 e. The predicted octanol–water partition coefficient (Wildman–Crippen LogP) is 4.02. The molecule has 54 valence electrons. The van der Waals surface area contributed by atoms with Gasteiger partial charge in [0.25, 0.3) is 0 Å². The molecule has 4 heteroatoms. The number of rotatable bonds is 0. The van der Waals surface area contributed by atoms with Gasteiger partial charge in [0.1, 0.15) is 0 Å². The molecule has 1 rings (SSSR count). The Hall–Kier alpha value is 1.37. The molecule has 1 aromatic carbocycles. The Balaban J connectivity index is 0.000000180. The Morgan fingerprint density at radius 3 is 1.40 bits per heavy atom. The van der Waals surface area contributed by atoms with E-state index in [1.807, 2.05) is 30.3 Å². The first kappa shape index (κ1) is 11.4. The van der Waals surface area contributed by atoms with Crippen LogP contribution >= 0.6 is 39.5 Å². The van der Waals surface area contributed by atoms with E-state index < -0.39 is 11.6 Å². The van der Waals surface area contributed by atoms with E-state index in [9.17, 15) is 0 Å². The van der Waals surface area contributed by atoms with Crippen LogP contribution in [0.2, 0.25) is 0 Å². The zero-order valence-corrected chi connectivity index (χ0v) is 11.3. The fraction of sp³-hybridized carbons (Fsp3) is 0. The van der Waals surface area contributed by atoms with Crippen molar-refractivity contribution in [3.8, 4) is 0 Å². The van der Waals surface area contributed by atoms with Crippen molar-refractivity contribution < 1.29 is 11.6 Å². The van der Waals surface area contributed by atoms with Gasteiger partial charge in [-0.25, -0.2) is 0 Å². The van der Waals surface area contributed by atoms with Crippen LogP contribution in [0.15, 0.2) is 30.3 Å². The average molecular weight is 365 g/mol. The Labute approximate surface area is 86.4 Å². The monoisotopic (exact) mass is 362 g/mol. The van der Waals surface area contributed by atoms with Crippen LogP contribution in [-0.4, -0.2) is 0 Å². The maximum Gasteiger partial charge on any atom is -0.171 e. The number of benzene rings is 1. The summed E-state index contributed by atoms with van der Waals surface area (Å²) in [5, 5.41) is 0. The molecule has 0 N–H and O–H groups in total.